The maximum atomic E-state index is 13.1. The first-order valence-electron chi connectivity index (χ1n) is 13.2. The van der Waals surface area contributed by atoms with Crippen LogP contribution in [0.2, 0.25) is 0 Å². The van der Waals surface area contributed by atoms with Gasteiger partial charge in [-0.25, -0.2) is 0 Å². The molecule has 7 nitrogen and oxygen atoms in total. The van der Waals surface area contributed by atoms with Gasteiger partial charge in [0.05, 0.1) is 6.54 Å². The summed E-state index contributed by atoms with van der Waals surface area (Å²) in [5, 5.41) is 1.69. The van der Waals surface area contributed by atoms with E-state index >= 15 is 0 Å². The van der Waals surface area contributed by atoms with Crippen LogP contribution in [0.3, 0.4) is 0 Å². The molecule has 3 aliphatic rings. The monoisotopic (exact) mass is 496 g/mol. The molecule has 37 heavy (non-hydrogen) atoms. The molecule has 3 amide bonds. The van der Waals surface area contributed by atoms with E-state index in [0.717, 1.165) is 56.5 Å². The summed E-state index contributed by atoms with van der Waals surface area (Å²) >= 11 is 0. The molecule has 1 atom stereocenters. The number of benzene rings is 3. The van der Waals surface area contributed by atoms with Crippen molar-refractivity contribution in [1.82, 2.24) is 19.6 Å². The van der Waals surface area contributed by atoms with E-state index in [1.54, 1.807) is 0 Å². The van der Waals surface area contributed by atoms with Crippen molar-refractivity contribution in [2.45, 2.75) is 12.3 Å². The Kier molecular flexibility index (Phi) is 6.49. The average Bonchev–Trinajstić information content (AvgIpc) is 3.44. The largest absolute Gasteiger partial charge is 0.341 e. The van der Waals surface area contributed by atoms with Crippen LogP contribution in [-0.4, -0.2) is 96.2 Å². The number of hydrogen-bond acceptors (Lipinski definition) is 5. The van der Waals surface area contributed by atoms with Gasteiger partial charge in [-0.15, -0.1) is 0 Å². The van der Waals surface area contributed by atoms with Crippen molar-refractivity contribution in [2.24, 2.45) is 0 Å². The van der Waals surface area contributed by atoms with Crippen molar-refractivity contribution in [3.05, 3.63) is 83.4 Å². The Morgan fingerprint density at radius 3 is 2.05 bits per heavy atom. The molecular weight excluding hydrogens is 464 g/mol. The Morgan fingerprint density at radius 2 is 1.38 bits per heavy atom. The van der Waals surface area contributed by atoms with Gasteiger partial charge in [0.25, 0.3) is 11.8 Å². The van der Waals surface area contributed by atoms with Gasteiger partial charge in [0.2, 0.25) is 5.91 Å². The smallest absolute Gasteiger partial charge is 0.261 e. The van der Waals surface area contributed by atoms with Crippen molar-refractivity contribution in [3.8, 4) is 0 Å². The third-order valence-corrected chi connectivity index (χ3v) is 8.13. The highest BCUT2D eigenvalue weighted by Gasteiger charge is 2.33. The highest BCUT2D eigenvalue weighted by molar-refractivity contribution is 6.25. The lowest BCUT2D eigenvalue weighted by Crippen LogP contribution is -2.52. The topological polar surface area (TPSA) is 64.2 Å². The van der Waals surface area contributed by atoms with Crippen LogP contribution < -0.4 is 0 Å². The quantitative estimate of drug-likeness (QED) is 0.491. The first-order chi connectivity index (χ1) is 18.1. The number of likely N-dealkylation sites (tertiary alicyclic amines) is 1. The van der Waals surface area contributed by atoms with Gasteiger partial charge in [-0.1, -0.05) is 54.6 Å². The van der Waals surface area contributed by atoms with Gasteiger partial charge in [-0.05, 0) is 29.5 Å². The summed E-state index contributed by atoms with van der Waals surface area (Å²) in [5.74, 6) is 0.223. The second-order valence-corrected chi connectivity index (χ2v) is 10.3. The van der Waals surface area contributed by atoms with Gasteiger partial charge in [-0.2, -0.15) is 0 Å². The van der Waals surface area contributed by atoms with Gasteiger partial charge in [-0.3, -0.25) is 29.1 Å². The highest BCUT2D eigenvalue weighted by atomic mass is 16.2. The van der Waals surface area contributed by atoms with Crippen LogP contribution in [0.25, 0.3) is 10.8 Å². The van der Waals surface area contributed by atoms with E-state index in [1.807, 2.05) is 47.4 Å². The molecule has 0 radical (unpaired) electrons. The molecule has 2 saturated heterocycles. The minimum Gasteiger partial charge on any atom is -0.341 e. The lowest BCUT2D eigenvalue weighted by molar-refractivity contribution is -0.131. The van der Waals surface area contributed by atoms with Crippen molar-refractivity contribution < 1.29 is 14.4 Å². The van der Waals surface area contributed by atoms with E-state index in [0.29, 0.717) is 36.7 Å². The number of imide groups is 1. The van der Waals surface area contributed by atoms with Crippen molar-refractivity contribution in [3.63, 3.8) is 0 Å². The summed E-state index contributed by atoms with van der Waals surface area (Å²) in [6.45, 7) is 6.37. The Labute approximate surface area is 217 Å². The summed E-state index contributed by atoms with van der Waals surface area (Å²) in [6, 6.07) is 21.7. The number of amides is 3. The minimum atomic E-state index is -0.210. The number of hydrogen-bond donors (Lipinski definition) is 0. The summed E-state index contributed by atoms with van der Waals surface area (Å²) < 4.78 is 0. The second kappa shape index (κ2) is 10.1. The molecule has 3 aromatic rings. The Balaban J connectivity index is 0.992. The molecule has 3 aromatic carbocycles. The van der Waals surface area contributed by atoms with Gasteiger partial charge >= 0.3 is 0 Å². The number of nitrogens with zero attached hydrogens (tertiary/aromatic N) is 4. The molecule has 3 aliphatic heterocycles. The summed E-state index contributed by atoms with van der Waals surface area (Å²) in [4.78, 5) is 47.1. The molecule has 1 unspecified atom stereocenters. The van der Waals surface area contributed by atoms with Gasteiger partial charge < -0.3 is 4.90 Å². The number of piperazine rings is 1. The first kappa shape index (κ1) is 23.8. The fourth-order valence-electron chi connectivity index (χ4n) is 5.97. The van der Waals surface area contributed by atoms with Crippen LogP contribution in [0.15, 0.2) is 66.7 Å². The zero-order chi connectivity index (χ0) is 25.4. The molecule has 6 rings (SSSR count). The fourth-order valence-corrected chi connectivity index (χ4v) is 5.97. The molecule has 0 bridgehead atoms. The maximum Gasteiger partial charge on any atom is 0.261 e. The lowest BCUT2D eigenvalue weighted by atomic mass is 9.94. The number of rotatable bonds is 6. The van der Waals surface area contributed by atoms with E-state index in [2.05, 4.69) is 34.1 Å². The SMILES string of the molecule is O=C(CN1CCN(CCN2C(=O)c3cccc4cccc(c34)C2=O)CC1)N1CCC(c2ccccc2)C1. The van der Waals surface area contributed by atoms with Crippen LogP contribution >= 0.6 is 0 Å². The number of carbonyl (C=O) groups is 3. The van der Waals surface area contributed by atoms with E-state index in [4.69, 9.17) is 0 Å². The molecule has 7 heteroatoms. The minimum absolute atomic E-state index is 0.210. The molecule has 0 aromatic heterocycles. The van der Waals surface area contributed by atoms with Gasteiger partial charge in [0.15, 0.2) is 0 Å². The second-order valence-electron chi connectivity index (χ2n) is 10.3. The third kappa shape index (κ3) is 4.65. The first-order valence-corrected chi connectivity index (χ1v) is 13.2. The fraction of sp³-hybridized carbons (Fsp3) is 0.367. The van der Waals surface area contributed by atoms with E-state index in [-0.39, 0.29) is 17.7 Å². The van der Waals surface area contributed by atoms with E-state index in [1.165, 1.54) is 10.5 Å². The predicted octanol–water partition coefficient (Wildman–Crippen LogP) is 3.07. The van der Waals surface area contributed by atoms with Crippen molar-refractivity contribution >= 4 is 28.5 Å². The average molecular weight is 497 g/mol. The maximum absolute atomic E-state index is 13.1. The Hall–Kier alpha value is -3.55. The lowest BCUT2D eigenvalue weighted by Gasteiger charge is -2.36. The molecule has 0 N–H and O–H groups in total. The van der Waals surface area contributed by atoms with Gasteiger partial charge in [0, 0.05) is 74.8 Å². The summed E-state index contributed by atoms with van der Waals surface area (Å²) in [6.07, 6.45) is 1.02. The molecule has 0 spiro atoms. The molecule has 0 saturated carbocycles. The zero-order valence-corrected chi connectivity index (χ0v) is 21.0. The predicted molar refractivity (Wildman–Crippen MR) is 143 cm³/mol. The highest BCUT2D eigenvalue weighted by Crippen LogP contribution is 2.30. The molecule has 3 heterocycles. The van der Waals surface area contributed by atoms with Crippen LogP contribution in [0.5, 0.6) is 0 Å². The van der Waals surface area contributed by atoms with Crippen molar-refractivity contribution in [2.75, 3.05) is 58.9 Å². The molecular formula is C30H32N4O3. The Bertz CT molecular complexity index is 1280. The van der Waals surface area contributed by atoms with Crippen LogP contribution in [0.4, 0.5) is 0 Å². The van der Waals surface area contributed by atoms with Crippen LogP contribution in [0.1, 0.15) is 38.6 Å². The van der Waals surface area contributed by atoms with E-state index in [9.17, 15) is 14.4 Å². The summed E-state index contributed by atoms with van der Waals surface area (Å²) in [7, 11) is 0. The third-order valence-electron chi connectivity index (χ3n) is 8.13. The van der Waals surface area contributed by atoms with Crippen LogP contribution in [-0.2, 0) is 4.79 Å². The zero-order valence-electron chi connectivity index (χ0n) is 21.0. The molecule has 190 valence electrons. The molecule has 0 aliphatic carbocycles. The molecule has 2 fully saturated rings. The number of carbonyl (C=O) groups excluding carboxylic acids is 3. The van der Waals surface area contributed by atoms with Crippen molar-refractivity contribution in [1.29, 1.82) is 0 Å². The Morgan fingerprint density at radius 1 is 0.730 bits per heavy atom. The van der Waals surface area contributed by atoms with Crippen LogP contribution in [0, 0.1) is 0 Å². The van der Waals surface area contributed by atoms with E-state index < -0.39 is 0 Å². The standard InChI is InChI=1S/C30H32N4O3/c35-27(33-13-12-24(20-33)22-6-2-1-3-7-22)21-32-16-14-31(15-17-32)18-19-34-29(36)25-10-4-8-23-9-5-11-26(28(23)25)30(34)37/h1-11,24H,12-21H2. The summed E-state index contributed by atoms with van der Waals surface area (Å²) in [5.41, 5.74) is 2.53. The normalized spacial score (nSPS) is 20.7. The van der Waals surface area contributed by atoms with Gasteiger partial charge in [0.1, 0.15) is 0 Å².